The largest absolute Gasteiger partial charge is 0.480 e. The van der Waals surface area contributed by atoms with E-state index in [1.807, 2.05) is 0 Å². The Kier molecular flexibility index (Phi) is 3.04. The first-order valence-corrected chi connectivity index (χ1v) is 7.23. The van der Waals surface area contributed by atoms with E-state index in [0.29, 0.717) is 24.8 Å². The molecule has 2 unspecified atom stereocenters. The van der Waals surface area contributed by atoms with Crippen molar-refractivity contribution in [3.63, 3.8) is 0 Å². The minimum absolute atomic E-state index is 0.138. The van der Waals surface area contributed by atoms with Gasteiger partial charge in [0.25, 0.3) is 0 Å². The lowest BCUT2D eigenvalue weighted by atomic mass is 10.0. The third-order valence-electron chi connectivity index (χ3n) is 5.01. The monoisotopic (exact) mass is 251 g/mol. The van der Waals surface area contributed by atoms with E-state index in [9.17, 15) is 14.7 Å². The second kappa shape index (κ2) is 4.56. The van der Waals surface area contributed by atoms with E-state index in [1.54, 1.807) is 4.90 Å². The molecule has 1 heterocycles. The molecule has 1 aliphatic heterocycles. The van der Waals surface area contributed by atoms with Crippen molar-refractivity contribution < 1.29 is 14.7 Å². The maximum Gasteiger partial charge on any atom is 0.326 e. The van der Waals surface area contributed by atoms with E-state index in [4.69, 9.17) is 0 Å². The van der Waals surface area contributed by atoms with E-state index in [2.05, 4.69) is 0 Å². The first-order valence-electron chi connectivity index (χ1n) is 7.23. The van der Waals surface area contributed by atoms with Crippen LogP contribution in [0.25, 0.3) is 0 Å². The normalized spacial score (nSPS) is 39.0. The summed E-state index contributed by atoms with van der Waals surface area (Å²) in [7, 11) is 0. The van der Waals surface area contributed by atoms with Crippen LogP contribution in [0.3, 0.4) is 0 Å². The summed E-state index contributed by atoms with van der Waals surface area (Å²) in [5.41, 5.74) is 0. The Hall–Kier alpha value is -1.06. The Morgan fingerprint density at radius 3 is 2.17 bits per heavy atom. The van der Waals surface area contributed by atoms with Gasteiger partial charge in [0.05, 0.1) is 0 Å². The van der Waals surface area contributed by atoms with Crippen LogP contribution in [0, 0.1) is 17.8 Å². The van der Waals surface area contributed by atoms with E-state index < -0.39 is 12.0 Å². The van der Waals surface area contributed by atoms with Crippen molar-refractivity contribution in [1.82, 2.24) is 4.90 Å². The fourth-order valence-electron chi connectivity index (χ4n) is 4.00. The second-order valence-electron chi connectivity index (χ2n) is 6.02. The highest BCUT2D eigenvalue weighted by Crippen LogP contribution is 2.56. The minimum atomic E-state index is -0.827. The van der Waals surface area contributed by atoms with Crippen molar-refractivity contribution >= 4 is 11.9 Å². The fourth-order valence-corrected chi connectivity index (χ4v) is 4.00. The van der Waals surface area contributed by atoms with Gasteiger partial charge in [-0.25, -0.2) is 4.79 Å². The van der Waals surface area contributed by atoms with Gasteiger partial charge in [-0.2, -0.15) is 0 Å². The molecule has 4 nitrogen and oxygen atoms in total. The Balaban J connectivity index is 1.69. The number of aliphatic carboxylic acids is 1. The lowest BCUT2D eigenvalue weighted by Crippen LogP contribution is -2.48. The molecule has 0 aromatic carbocycles. The molecule has 1 saturated heterocycles. The molecule has 1 N–H and O–H groups in total. The zero-order valence-electron chi connectivity index (χ0n) is 10.7. The molecule has 4 heteroatoms. The van der Waals surface area contributed by atoms with Gasteiger partial charge in [-0.1, -0.05) is 12.8 Å². The summed E-state index contributed by atoms with van der Waals surface area (Å²) in [6.45, 7) is 0.645. The van der Waals surface area contributed by atoms with Crippen LogP contribution < -0.4 is 0 Å². The Labute approximate surface area is 107 Å². The van der Waals surface area contributed by atoms with Crippen LogP contribution >= 0.6 is 0 Å². The summed E-state index contributed by atoms with van der Waals surface area (Å²) in [6.07, 6.45) is 7.35. The zero-order chi connectivity index (χ0) is 12.7. The molecule has 0 aromatic heterocycles. The van der Waals surface area contributed by atoms with E-state index in [1.165, 1.54) is 25.7 Å². The third-order valence-corrected chi connectivity index (χ3v) is 5.01. The Morgan fingerprint density at radius 2 is 1.56 bits per heavy atom. The number of carbonyl (C=O) groups excluding carboxylic acids is 1. The SMILES string of the molecule is O=C(O)[C@H]1CCCCN1C(=O)C1C2CCCCC21. The number of rotatable bonds is 2. The molecule has 3 rings (SSSR count). The molecular formula is C14H21NO3. The Morgan fingerprint density at radius 1 is 0.944 bits per heavy atom. The molecule has 2 aliphatic carbocycles. The van der Waals surface area contributed by atoms with E-state index in [-0.39, 0.29) is 11.8 Å². The van der Waals surface area contributed by atoms with Gasteiger partial charge in [0.2, 0.25) is 5.91 Å². The van der Waals surface area contributed by atoms with Gasteiger partial charge in [0.1, 0.15) is 6.04 Å². The number of nitrogens with zero attached hydrogens (tertiary/aromatic N) is 1. The molecule has 0 bridgehead atoms. The fraction of sp³-hybridized carbons (Fsp3) is 0.857. The van der Waals surface area contributed by atoms with E-state index in [0.717, 1.165) is 12.8 Å². The Bertz CT molecular complexity index is 356. The highest BCUT2D eigenvalue weighted by atomic mass is 16.4. The number of carboxylic acid groups (broad SMARTS) is 1. The van der Waals surface area contributed by atoms with E-state index >= 15 is 0 Å². The second-order valence-corrected chi connectivity index (χ2v) is 6.02. The van der Waals surface area contributed by atoms with Gasteiger partial charge in [-0.3, -0.25) is 4.79 Å². The highest BCUT2D eigenvalue weighted by Gasteiger charge is 2.56. The highest BCUT2D eigenvalue weighted by molar-refractivity contribution is 5.87. The lowest BCUT2D eigenvalue weighted by molar-refractivity contribution is -0.152. The number of amides is 1. The van der Waals surface area contributed by atoms with Crippen molar-refractivity contribution in [3.05, 3.63) is 0 Å². The van der Waals surface area contributed by atoms with Crippen LogP contribution in [0.15, 0.2) is 0 Å². The molecule has 3 aliphatic rings. The van der Waals surface area contributed by atoms with Crippen molar-refractivity contribution in [2.24, 2.45) is 17.8 Å². The molecule has 100 valence electrons. The van der Waals surface area contributed by atoms with Crippen LogP contribution in [-0.2, 0) is 9.59 Å². The van der Waals surface area contributed by atoms with Gasteiger partial charge >= 0.3 is 5.97 Å². The minimum Gasteiger partial charge on any atom is -0.480 e. The van der Waals surface area contributed by atoms with Crippen LogP contribution in [0.2, 0.25) is 0 Å². The number of hydrogen-bond donors (Lipinski definition) is 1. The topological polar surface area (TPSA) is 57.6 Å². The molecule has 0 radical (unpaired) electrons. The quantitative estimate of drug-likeness (QED) is 0.815. The summed E-state index contributed by atoms with van der Waals surface area (Å²) in [5.74, 6) is 0.614. The maximum absolute atomic E-state index is 12.5. The maximum atomic E-state index is 12.5. The molecular weight excluding hydrogens is 230 g/mol. The average Bonchev–Trinajstić information content (AvgIpc) is 3.12. The van der Waals surface area contributed by atoms with Crippen LogP contribution in [-0.4, -0.2) is 34.5 Å². The zero-order valence-corrected chi connectivity index (χ0v) is 10.7. The van der Waals surface area contributed by atoms with Crippen molar-refractivity contribution in [1.29, 1.82) is 0 Å². The predicted molar refractivity (Wildman–Crippen MR) is 65.9 cm³/mol. The molecule has 2 saturated carbocycles. The van der Waals surface area contributed by atoms with Gasteiger partial charge in [-0.15, -0.1) is 0 Å². The molecule has 1 amide bonds. The number of hydrogen-bond acceptors (Lipinski definition) is 2. The van der Waals surface area contributed by atoms with Gasteiger partial charge in [-0.05, 0) is 43.9 Å². The molecule has 18 heavy (non-hydrogen) atoms. The number of carboxylic acids is 1. The summed E-state index contributed by atoms with van der Waals surface area (Å²) >= 11 is 0. The van der Waals surface area contributed by atoms with Crippen LogP contribution in [0.5, 0.6) is 0 Å². The van der Waals surface area contributed by atoms with Crippen LogP contribution in [0.4, 0.5) is 0 Å². The predicted octanol–water partition coefficient (Wildman–Crippen LogP) is 1.89. The summed E-state index contributed by atoms with van der Waals surface area (Å²) in [4.78, 5) is 25.4. The standard InChI is InChI=1S/C14H21NO3/c16-13(12-9-5-1-2-6-10(9)12)15-8-4-3-7-11(15)14(17)18/h9-12H,1-8H2,(H,17,18)/t9?,10?,11-,12?/m1/s1. The summed E-state index contributed by atoms with van der Waals surface area (Å²) in [5, 5.41) is 9.22. The first-order chi connectivity index (χ1) is 8.70. The summed E-state index contributed by atoms with van der Waals surface area (Å²) < 4.78 is 0. The molecule has 0 aromatic rings. The molecule has 0 spiro atoms. The first kappa shape index (κ1) is 12.0. The third kappa shape index (κ3) is 1.91. The van der Waals surface area contributed by atoms with Gasteiger partial charge < -0.3 is 10.0 Å². The number of carbonyl (C=O) groups is 2. The lowest BCUT2D eigenvalue weighted by Gasteiger charge is -2.33. The number of likely N-dealkylation sites (tertiary alicyclic amines) is 1. The smallest absolute Gasteiger partial charge is 0.326 e. The summed E-state index contributed by atoms with van der Waals surface area (Å²) in [6, 6.07) is -0.561. The van der Waals surface area contributed by atoms with Crippen molar-refractivity contribution in [2.45, 2.75) is 51.0 Å². The van der Waals surface area contributed by atoms with Gasteiger partial charge in [0.15, 0.2) is 0 Å². The van der Waals surface area contributed by atoms with Crippen molar-refractivity contribution in [2.75, 3.05) is 6.54 Å². The average molecular weight is 251 g/mol. The molecule has 3 fully saturated rings. The number of fused-ring (bicyclic) bond motifs is 1. The van der Waals surface area contributed by atoms with Crippen molar-refractivity contribution in [3.8, 4) is 0 Å². The molecule has 3 atom stereocenters. The van der Waals surface area contributed by atoms with Crippen LogP contribution in [0.1, 0.15) is 44.9 Å². The van der Waals surface area contributed by atoms with Gasteiger partial charge in [0, 0.05) is 12.5 Å². The number of piperidine rings is 1.